The van der Waals surface area contributed by atoms with Crippen LogP contribution < -0.4 is 0 Å². The highest BCUT2D eigenvalue weighted by molar-refractivity contribution is 9.10. The molecule has 0 saturated heterocycles. The van der Waals surface area contributed by atoms with Crippen LogP contribution in [-0.4, -0.2) is 9.97 Å². The summed E-state index contributed by atoms with van der Waals surface area (Å²) < 4.78 is 0.927. The molecule has 0 unspecified atom stereocenters. The van der Waals surface area contributed by atoms with Gasteiger partial charge < -0.3 is 4.98 Å². The average molecular weight is 236 g/mol. The highest BCUT2D eigenvalue weighted by Crippen LogP contribution is 2.22. The molecule has 0 bridgehead atoms. The number of H-pyrrole nitrogens is 1. The fourth-order valence-corrected chi connectivity index (χ4v) is 1.52. The molecule has 0 fully saturated rings. The number of nitrogens with zero attached hydrogens (tertiary/aromatic N) is 2. The van der Waals surface area contributed by atoms with E-state index in [0.29, 0.717) is 5.56 Å². The maximum absolute atomic E-state index is 8.77. The molecule has 2 aromatic rings. The van der Waals surface area contributed by atoms with Crippen LogP contribution in [0.25, 0.3) is 11.0 Å². The molecule has 64 valence electrons. The van der Waals surface area contributed by atoms with Crippen LogP contribution >= 0.6 is 15.9 Å². The van der Waals surface area contributed by atoms with Gasteiger partial charge in [0, 0.05) is 16.1 Å². The third kappa shape index (κ3) is 1.21. The summed E-state index contributed by atoms with van der Waals surface area (Å²) in [5.74, 6) is 0. The van der Waals surface area contributed by atoms with E-state index in [1.165, 1.54) is 0 Å². The second-order valence-corrected chi connectivity index (χ2v) is 3.62. The van der Waals surface area contributed by atoms with Crippen molar-refractivity contribution in [1.82, 2.24) is 9.97 Å². The van der Waals surface area contributed by atoms with E-state index in [1.807, 2.05) is 13.0 Å². The molecule has 0 radical (unpaired) electrons. The number of aromatic amines is 1. The first-order valence-electron chi connectivity index (χ1n) is 3.76. The van der Waals surface area contributed by atoms with Crippen molar-refractivity contribution in [2.75, 3.05) is 0 Å². The van der Waals surface area contributed by atoms with Crippen LogP contribution in [0.5, 0.6) is 0 Å². The van der Waals surface area contributed by atoms with Crippen molar-refractivity contribution in [2.24, 2.45) is 0 Å². The number of fused-ring (bicyclic) bond motifs is 1. The Morgan fingerprint density at radius 2 is 2.38 bits per heavy atom. The Kier molecular flexibility index (Phi) is 1.82. The SMILES string of the molecule is Cc1nc2[nH]cc(C#N)c2cc1Br. The summed E-state index contributed by atoms with van der Waals surface area (Å²) in [6, 6.07) is 4.01. The Bertz CT molecular complexity index is 507. The number of nitriles is 1. The van der Waals surface area contributed by atoms with E-state index in [2.05, 4.69) is 32.0 Å². The van der Waals surface area contributed by atoms with Crippen LogP contribution in [0.15, 0.2) is 16.7 Å². The Hall–Kier alpha value is -1.34. The molecular weight excluding hydrogens is 230 g/mol. The third-order valence-corrected chi connectivity index (χ3v) is 2.72. The molecule has 4 heteroatoms. The van der Waals surface area contributed by atoms with Crippen molar-refractivity contribution in [1.29, 1.82) is 5.26 Å². The Labute approximate surface area is 83.5 Å². The standard InChI is InChI=1S/C9H6BrN3/c1-5-8(10)2-7-6(3-11)4-12-9(7)13-5/h2,4H,1H3,(H,12,13). The summed E-state index contributed by atoms with van der Waals surface area (Å²) in [5, 5.41) is 9.63. The molecule has 13 heavy (non-hydrogen) atoms. The van der Waals surface area contributed by atoms with E-state index >= 15 is 0 Å². The maximum atomic E-state index is 8.77. The number of nitrogens with one attached hydrogen (secondary N) is 1. The largest absolute Gasteiger partial charge is 0.345 e. The topological polar surface area (TPSA) is 52.5 Å². The van der Waals surface area contributed by atoms with E-state index in [1.54, 1.807) is 6.20 Å². The molecule has 2 heterocycles. The molecule has 0 aliphatic heterocycles. The normalized spacial score (nSPS) is 10.2. The molecule has 2 rings (SSSR count). The fourth-order valence-electron chi connectivity index (χ4n) is 1.21. The first-order chi connectivity index (χ1) is 6.22. The van der Waals surface area contributed by atoms with Crippen LogP contribution in [0.3, 0.4) is 0 Å². The minimum absolute atomic E-state index is 0.628. The molecule has 0 aromatic carbocycles. The van der Waals surface area contributed by atoms with Gasteiger partial charge in [0.2, 0.25) is 0 Å². The molecule has 0 aliphatic carbocycles. The lowest BCUT2D eigenvalue weighted by atomic mass is 10.2. The minimum atomic E-state index is 0.628. The molecule has 1 N–H and O–H groups in total. The summed E-state index contributed by atoms with van der Waals surface area (Å²) in [4.78, 5) is 7.24. The first kappa shape index (κ1) is 8.27. The monoisotopic (exact) mass is 235 g/mol. The van der Waals surface area contributed by atoms with Gasteiger partial charge in [-0.25, -0.2) is 4.98 Å². The predicted molar refractivity (Wildman–Crippen MR) is 53.2 cm³/mol. The van der Waals surface area contributed by atoms with Crippen molar-refractivity contribution >= 4 is 27.0 Å². The average Bonchev–Trinajstić information content (AvgIpc) is 2.48. The zero-order chi connectivity index (χ0) is 9.42. The van der Waals surface area contributed by atoms with Gasteiger partial charge in [0.05, 0.1) is 11.3 Å². The lowest BCUT2D eigenvalue weighted by Crippen LogP contribution is -1.83. The number of hydrogen-bond donors (Lipinski definition) is 1. The van der Waals surface area contributed by atoms with E-state index in [0.717, 1.165) is 21.2 Å². The lowest BCUT2D eigenvalue weighted by molar-refractivity contribution is 1.20. The van der Waals surface area contributed by atoms with Gasteiger partial charge in [0.1, 0.15) is 11.7 Å². The van der Waals surface area contributed by atoms with Crippen molar-refractivity contribution in [3.63, 3.8) is 0 Å². The van der Waals surface area contributed by atoms with E-state index in [9.17, 15) is 0 Å². The number of pyridine rings is 1. The molecule has 3 nitrogen and oxygen atoms in total. The molecule has 0 spiro atoms. The van der Waals surface area contributed by atoms with Gasteiger partial charge in [0.25, 0.3) is 0 Å². The van der Waals surface area contributed by atoms with Crippen molar-refractivity contribution < 1.29 is 0 Å². The van der Waals surface area contributed by atoms with Crippen molar-refractivity contribution in [2.45, 2.75) is 6.92 Å². The molecule has 0 amide bonds. The third-order valence-electron chi connectivity index (χ3n) is 1.92. The summed E-state index contributed by atoms with van der Waals surface area (Å²) >= 11 is 3.38. The Balaban J connectivity index is 2.86. The molecule has 0 atom stereocenters. The van der Waals surface area contributed by atoms with Gasteiger partial charge in [-0.1, -0.05) is 0 Å². The number of hydrogen-bond acceptors (Lipinski definition) is 2. The fraction of sp³-hybridized carbons (Fsp3) is 0.111. The van der Waals surface area contributed by atoms with Crippen LogP contribution in [0.4, 0.5) is 0 Å². The van der Waals surface area contributed by atoms with Crippen LogP contribution in [-0.2, 0) is 0 Å². The lowest BCUT2D eigenvalue weighted by Gasteiger charge is -1.96. The predicted octanol–water partition coefficient (Wildman–Crippen LogP) is 2.51. The second kappa shape index (κ2) is 2.86. The number of halogens is 1. The quantitative estimate of drug-likeness (QED) is 0.763. The number of aryl methyl sites for hydroxylation is 1. The smallest absolute Gasteiger partial charge is 0.138 e. The Morgan fingerprint density at radius 1 is 1.62 bits per heavy atom. The summed E-state index contributed by atoms with van der Waals surface area (Å²) in [5.41, 5.74) is 2.30. The maximum Gasteiger partial charge on any atom is 0.138 e. The second-order valence-electron chi connectivity index (χ2n) is 2.77. The van der Waals surface area contributed by atoms with Gasteiger partial charge in [-0.2, -0.15) is 5.26 Å². The highest BCUT2D eigenvalue weighted by atomic mass is 79.9. The molecule has 0 saturated carbocycles. The summed E-state index contributed by atoms with van der Waals surface area (Å²) in [6.45, 7) is 1.91. The van der Waals surface area contributed by atoms with Gasteiger partial charge in [-0.3, -0.25) is 0 Å². The van der Waals surface area contributed by atoms with Crippen LogP contribution in [0.2, 0.25) is 0 Å². The molecule has 0 aliphatic rings. The van der Waals surface area contributed by atoms with Crippen LogP contribution in [0, 0.1) is 18.3 Å². The van der Waals surface area contributed by atoms with Gasteiger partial charge >= 0.3 is 0 Å². The van der Waals surface area contributed by atoms with E-state index < -0.39 is 0 Å². The highest BCUT2D eigenvalue weighted by Gasteiger charge is 2.06. The minimum Gasteiger partial charge on any atom is -0.345 e. The first-order valence-corrected chi connectivity index (χ1v) is 4.56. The molecule has 2 aromatic heterocycles. The Morgan fingerprint density at radius 3 is 3.08 bits per heavy atom. The number of rotatable bonds is 0. The van der Waals surface area contributed by atoms with Gasteiger partial charge in [-0.15, -0.1) is 0 Å². The van der Waals surface area contributed by atoms with E-state index in [-0.39, 0.29) is 0 Å². The van der Waals surface area contributed by atoms with Crippen LogP contribution in [0.1, 0.15) is 11.3 Å². The van der Waals surface area contributed by atoms with E-state index in [4.69, 9.17) is 5.26 Å². The summed E-state index contributed by atoms with van der Waals surface area (Å²) in [6.07, 6.45) is 1.67. The van der Waals surface area contributed by atoms with Crippen molar-refractivity contribution in [3.05, 3.63) is 28.0 Å². The number of aromatic nitrogens is 2. The summed E-state index contributed by atoms with van der Waals surface area (Å²) in [7, 11) is 0. The van der Waals surface area contributed by atoms with Crippen molar-refractivity contribution in [3.8, 4) is 6.07 Å². The van der Waals surface area contributed by atoms with Gasteiger partial charge in [-0.05, 0) is 28.9 Å². The zero-order valence-corrected chi connectivity index (χ0v) is 8.51. The molecular formula is C9H6BrN3. The van der Waals surface area contributed by atoms with Gasteiger partial charge in [0.15, 0.2) is 0 Å². The zero-order valence-electron chi connectivity index (χ0n) is 6.93.